The summed E-state index contributed by atoms with van der Waals surface area (Å²) in [6, 6.07) is 7.57. The molecule has 1 aliphatic carbocycles. The van der Waals surface area contributed by atoms with Gasteiger partial charge in [0.25, 0.3) is 0 Å². The molecule has 0 aliphatic heterocycles. The van der Waals surface area contributed by atoms with Crippen LogP contribution in [0.5, 0.6) is 0 Å². The van der Waals surface area contributed by atoms with E-state index in [1.165, 1.54) is 45.6 Å². The van der Waals surface area contributed by atoms with Crippen molar-refractivity contribution >= 4 is 16.0 Å². The molecule has 0 amide bonds. The molecule has 27 heavy (non-hydrogen) atoms. The number of aliphatic imine (C=N–C) groups is 1. The first-order chi connectivity index (χ1) is 13.0. The van der Waals surface area contributed by atoms with E-state index in [-0.39, 0.29) is 5.75 Å². The van der Waals surface area contributed by atoms with E-state index in [0.717, 1.165) is 36.1 Å². The zero-order valence-electron chi connectivity index (χ0n) is 16.6. The summed E-state index contributed by atoms with van der Waals surface area (Å²) in [5, 5.41) is 6.70. The molecule has 0 saturated heterocycles. The van der Waals surface area contributed by atoms with Crippen molar-refractivity contribution < 1.29 is 8.42 Å². The first kappa shape index (κ1) is 21.7. The van der Waals surface area contributed by atoms with Gasteiger partial charge in [0.05, 0.1) is 12.3 Å². The monoisotopic (exact) mass is 394 g/mol. The van der Waals surface area contributed by atoms with Crippen LogP contribution in [0.15, 0.2) is 29.3 Å². The Morgan fingerprint density at radius 2 is 1.78 bits per heavy atom. The first-order valence-electron chi connectivity index (χ1n) is 10.0. The molecule has 6 nitrogen and oxygen atoms in total. The molecular formula is C20H34N4O2S. The van der Waals surface area contributed by atoms with E-state index in [1.54, 1.807) is 0 Å². The van der Waals surface area contributed by atoms with Gasteiger partial charge in [-0.25, -0.2) is 18.1 Å². The second kappa shape index (κ2) is 11.3. The Balaban J connectivity index is 1.80. The number of sulfonamides is 1. The minimum atomic E-state index is -3.24. The quantitative estimate of drug-likeness (QED) is 0.324. The summed E-state index contributed by atoms with van der Waals surface area (Å²) >= 11 is 0. The van der Waals surface area contributed by atoms with Gasteiger partial charge < -0.3 is 10.6 Å². The predicted molar refractivity (Wildman–Crippen MR) is 112 cm³/mol. The maximum Gasteiger partial charge on any atom is 0.215 e. The van der Waals surface area contributed by atoms with Gasteiger partial charge in [-0.05, 0) is 43.9 Å². The van der Waals surface area contributed by atoms with Crippen LogP contribution in [0.1, 0.15) is 56.6 Å². The Hall–Kier alpha value is -1.60. The molecule has 1 aromatic carbocycles. The van der Waals surface area contributed by atoms with E-state index in [1.807, 2.05) is 24.3 Å². The molecule has 152 valence electrons. The van der Waals surface area contributed by atoms with Gasteiger partial charge in [-0.2, -0.15) is 0 Å². The number of benzene rings is 1. The fourth-order valence-electron chi connectivity index (χ4n) is 3.44. The standard InChI is InChI=1S/C20H34N4O2S/c1-3-22-20(23-14-6-9-17-7-4-5-8-17)24-15-18-10-12-19(13-11-18)16-27(25,26)21-2/h10-13,17,21H,3-9,14-16H2,1-2H3,(H2,22,23,24). The van der Waals surface area contributed by atoms with Gasteiger partial charge in [-0.15, -0.1) is 0 Å². The van der Waals surface area contributed by atoms with Crippen molar-refractivity contribution in [2.24, 2.45) is 10.9 Å². The van der Waals surface area contributed by atoms with Crippen LogP contribution in [0.2, 0.25) is 0 Å². The van der Waals surface area contributed by atoms with Crippen LogP contribution in [0.4, 0.5) is 0 Å². The molecule has 2 rings (SSSR count). The minimum Gasteiger partial charge on any atom is -0.357 e. The largest absolute Gasteiger partial charge is 0.357 e. The zero-order chi connectivity index (χ0) is 19.5. The highest BCUT2D eigenvalue weighted by molar-refractivity contribution is 7.88. The molecule has 0 spiro atoms. The molecule has 1 aromatic rings. The van der Waals surface area contributed by atoms with Crippen molar-refractivity contribution in [2.75, 3.05) is 20.1 Å². The highest BCUT2D eigenvalue weighted by Crippen LogP contribution is 2.28. The molecular weight excluding hydrogens is 360 g/mol. The summed E-state index contributed by atoms with van der Waals surface area (Å²) in [5.74, 6) is 1.76. The predicted octanol–water partition coefficient (Wildman–Crippen LogP) is 2.76. The fraction of sp³-hybridized carbons (Fsp3) is 0.650. The van der Waals surface area contributed by atoms with Crippen molar-refractivity contribution in [3.63, 3.8) is 0 Å². The van der Waals surface area contributed by atoms with Crippen LogP contribution >= 0.6 is 0 Å². The summed E-state index contributed by atoms with van der Waals surface area (Å²) < 4.78 is 25.5. The summed E-state index contributed by atoms with van der Waals surface area (Å²) in [4.78, 5) is 4.64. The van der Waals surface area contributed by atoms with E-state index >= 15 is 0 Å². The maximum atomic E-state index is 11.6. The Kier molecular flexibility index (Phi) is 9.07. The van der Waals surface area contributed by atoms with Gasteiger partial charge in [0.15, 0.2) is 5.96 Å². The number of nitrogens with one attached hydrogen (secondary N) is 3. The molecule has 1 aliphatic rings. The van der Waals surface area contributed by atoms with E-state index < -0.39 is 10.0 Å². The third-order valence-electron chi connectivity index (χ3n) is 5.01. The second-order valence-corrected chi connectivity index (χ2v) is 9.12. The fourth-order valence-corrected chi connectivity index (χ4v) is 4.22. The highest BCUT2D eigenvalue weighted by atomic mass is 32.2. The molecule has 0 aromatic heterocycles. The van der Waals surface area contributed by atoms with Crippen LogP contribution in [-0.2, 0) is 22.3 Å². The minimum absolute atomic E-state index is 0.00175. The second-order valence-electron chi connectivity index (χ2n) is 7.19. The number of guanidine groups is 1. The molecule has 0 unspecified atom stereocenters. The van der Waals surface area contributed by atoms with Gasteiger partial charge in [-0.1, -0.05) is 49.9 Å². The van der Waals surface area contributed by atoms with Crippen molar-refractivity contribution in [3.8, 4) is 0 Å². The molecule has 0 radical (unpaired) electrons. The lowest BCUT2D eigenvalue weighted by Crippen LogP contribution is -2.37. The normalized spacial score (nSPS) is 15.9. The van der Waals surface area contributed by atoms with Crippen LogP contribution < -0.4 is 15.4 Å². The smallest absolute Gasteiger partial charge is 0.215 e. The van der Waals surface area contributed by atoms with Crippen LogP contribution in [-0.4, -0.2) is 34.5 Å². The lowest BCUT2D eigenvalue weighted by atomic mass is 10.0. The Morgan fingerprint density at radius 1 is 1.11 bits per heavy atom. The van der Waals surface area contributed by atoms with Crippen LogP contribution in [0.3, 0.4) is 0 Å². The molecule has 3 N–H and O–H groups in total. The summed E-state index contributed by atoms with van der Waals surface area (Å²) in [6.07, 6.45) is 8.11. The zero-order valence-corrected chi connectivity index (χ0v) is 17.4. The number of rotatable bonds is 10. The Morgan fingerprint density at radius 3 is 2.41 bits per heavy atom. The Bertz CT molecular complexity index is 680. The number of hydrogen-bond donors (Lipinski definition) is 3. The van der Waals surface area contributed by atoms with E-state index in [0.29, 0.717) is 6.54 Å². The molecule has 0 bridgehead atoms. The molecule has 0 atom stereocenters. The average Bonchev–Trinajstić information content (AvgIpc) is 3.17. The lowest BCUT2D eigenvalue weighted by Gasteiger charge is -2.13. The van der Waals surface area contributed by atoms with Crippen molar-refractivity contribution in [3.05, 3.63) is 35.4 Å². The van der Waals surface area contributed by atoms with Gasteiger partial charge >= 0.3 is 0 Å². The average molecular weight is 395 g/mol. The van der Waals surface area contributed by atoms with Gasteiger partial charge in [0, 0.05) is 13.1 Å². The summed E-state index contributed by atoms with van der Waals surface area (Å²) in [7, 11) is -1.80. The molecule has 7 heteroatoms. The third kappa shape index (κ3) is 8.30. The molecule has 1 fully saturated rings. The number of hydrogen-bond acceptors (Lipinski definition) is 3. The van der Waals surface area contributed by atoms with E-state index in [2.05, 4.69) is 27.3 Å². The van der Waals surface area contributed by atoms with Crippen molar-refractivity contribution in [1.82, 2.24) is 15.4 Å². The van der Waals surface area contributed by atoms with Crippen LogP contribution in [0, 0.1) is 5.92 Å². The van der Waals surface area contributed by atoms with E-state index in [9.17, 15) is 8.42 Å². The molecule has 0 heterocycles. The third-order valence-corrected chi connectivity index (χ3v) is 6.35. The topological polar surface area (TPSA) is 82.6 Å². The Labute approximate surface area is 164 Å². The number of nitrogens with zero attached hydrogens (tertiary/aromatic N) is 1. The molecule has 1 saturated carbocycles. The SMILES string of the molecule is CCNC(=NCc1ccc(CS(=O)(=O)NC)cc1)NCCCC1CCCC1. The van der Waals surface area contributed by atoms with Crippen LogP contribution in [0.25, 0.3) is 0 Å². The van der Waals surface area contributed by atoms with E-state index in [4.69, 9.17) is 0 Å². The maximum absolute atomic E-state index is 11.6. The first-order valence-corrected chi connectivity index (χ1v) is 11.7. The van der Waals surface area contributed by atoms with Gasteiger partial charge in [-0.3, -0.25) is 0 Å². The summed E-state index contributed by atoms with van der Waals surface area (Å²) in [6.45, 7) is 4.40. The van der Waals surface area contributed by atoms with Gasteiger partial charge in [0.1, 0.15) is 0 Å². The van der Waals surface area contributed by atoms with Crippen molar-refractivity contribution in [1.29, 1.82) is 0 Å². The highest BCUT2D eigenvalue weighted by Gasteiger charge is 2.14. The van der Waals surface area contributed by atoms with Crippen molar-refractivity contribution in [2.45, 2.75) is 57.7 Å². The summed E-state index contributed by atoms with van der Waals surface area (Å²) in [5.41, 5.74) is 1.83. The lowest BCUT2D eigenvalue weighted by molar-refractivity contribution is 0.481. The van der Waals surface area contributed by atoms with Gasteiger partial charge in [0.2, 0.25) is 10.0 Å².